The Kier molecular flexibility index (Phi) is 7.48. The second-order valence-corrected chi connectivity index (χ2v) is 7.49. The van der Waals surface area contributed by atoms with Crippen LogP contribution in [0.5, 0.6) is 0 Å². The summed E-state index contributed by atoms with van der Waals surface area (Å²) >= 11 is 0. The van der Waals surface area contributed by atoms with Crippen molar-refractivity contribution in [3.63, 3.8) is 0 Å². The Morgan fingerprint density at radius 1 is 1.10 bits per heavy atom. The highest BCUT2D eigenvalue weighted by atomic mass is 15.1. The molecular formula is C18H37N3. The molecule has 2 rings (SSSR count). The molecular weight excluding hydrogens is 258 g/mol. The molecule has 1 saturated heterocycles. The Labute approximate surface area is 132 Å². The Hall–Kier alpha value is -0.120. The zero-order valence-electron chi connectivity index (χ0n) is 14.5. The number of nitrogens with zero attached hydrogens (tertiary/aromatic N) is 1. The summed E-state index contributed by atoms with van der Waals surface area (Å²) in [5.74, 6) is 0.877. The second-order valence-electron chi connectivity index (χ2n) is 7.49. The molecule has 0 radical (unpaired) electrons. The lowest BCUT2D eigenvalue weighted by molar-refractivity contribution is 0.179. The first-order valence-corrected chi connectivity index (χ1v) is 9.35. The van der Waals surface area contributed by atoms with E-state index in [-0.39, 0.29) is 0 Å². The number of rotatable bonds is 7. The summed E-state index contributed by atoms with van der Waals surface area (Å²) in [4.78, 5) is 2.45. The molecule has 3 unspecified atom stereocenters. The van der Waals surface area contributed by atoms with E-state index < -0.39 is 0 Å². The van der Waals surface area contributed by atoms with Gasteiger partial charge in [0.25, 0.3) is 0 Å². The molecule has 1 saturated carbocycles. The number of hydrogen-bond donors (Lipinski definition) is 2. The zero-order chi connectivity index (χ0) is 15.1. The minimum atomic E-state index is 0.666. The van der Waals surface area contributed by atoms with Crippen molar-refractivity contribution in [3.05, 3.63) is 0 Å². The van der Waals surface area contributed by atoms with E-state index in [2.05, 4.69) is 36.4 Å². The van der Waals surface area contributed by atoms with E-state index >= 15 is 0 Å². The van der Waals surface area contributed by atoms with E-state index in [1.807, 2.05) is 0 Å². The van der Waals surface area contributed by atoms with Gasteiger partial charge in [0, 0.05) is 18.1 Å². The molecule has 1 heterocycles. The number of hydrogen-bond acceptors (Lipinski definition) is 3. The van der Waals surface area contributed by atoms with E-state index in [1.54, 1.807) is 0 Å². The molecule has 124 valence electrons. The third-order valence-electron chi connectivity index (χ3n) is 5.66. The first-order chi connectivity index (χ1) is 10.2. The second kappa shape index (κ2) is 9.12. The van der Waals surface area contributed by atoms with Gasteiger partial charge in [-0.1, -0.05) is 19.3 Å². The average molecular weight is 296 g/mol. The summed E-state index contributed by atoms with van der Waals surface area (Å²) < 4.78 is 0. The number of nitrogens with one attached hydrogen (secondary N) is 2. The van der Waals surface area contributed by atoms with Crippen molar-refractivity contribution in [1.82, 2.24) is 15.5 Å². The van der Waals surface area contributed by atoms with Crippen LogP contribution in [-0.2, 0) is 0 Å². The quantitative estimate of drug-likeness (QED) is 0.707. The molecule has 0 bridgehead atoms. The van der Waals surface area contributed by atoms with Crippen LogP contribution in [-0.4, -0.2) is 49.7 Å². The molecule has 1 aliphatic heterocycles. The predicted octanol–water partition coefficient (Wildman–Crippen LogP) is 3.01. The normalized spacial score (nSPS) is 31.0. The highest BCUT2D eigenvalue weighted by Crippen LogP contribution is 2.30. The first kappa shape index (κ1) is 17.2. The van der Waals surface area contributed by atoms with Crippen molar-refractivity contribution in [1.29, 1.82) is 0 Å². The maximum absolute atomic E-state index is 3.90. The van der Waals surface area contributed by atoms with E-state index in [0.29, 0.717) is 6.04 Å². The Bertz CT molecular complexity index is 274. The fourth-order valence-electron chi connectivity index (χ4n) is 4.01. The average Bonchev–Trinajstić information content (AvgIpc) is 2.52. The summed E-state index contributed by atoms with van der Waals surface area (Å²) in [7, 11) is 2.24. The predicted molar refractivity (Wildman–Crippen MR) is 91.8 cm³/mol. The van der Waals surface area contributed by atoms with Gasteiger partial charge in [-0.05, 0) is 78.6 Å². The van der Waals surface area contributed by atoms with Crippen LogP contribution >= 0.6 is 0 Å². The van der Waals surface area contributed by atoms with Crippen LogP contribution in [0, 0.1) is 5.92 Å². The lowest BCUT2D eigenvalue weighted by Crippen LogP contribution is -2.50. The summed E-state index contributed by atoms with van der Waals surface area (Å²) in [5, 5.41) is 7.69. The van der Waals surface area contributed by atoms with E-state index in [0.717, 1.165) is 18.0 Å². The van der Waals surface area contributed by atoms with Gasteiger partial charge in [-0.2, -0.15) is 0 Å². The van der Waals surface area contributed by atoms with Gasteiger partial charge in [0.05, 0.1) is 0 Å². The van der Waals surface area contributed by atoms with E-state index in [1.165, 1.54) is 71.0 Å². The summed E-state index contributed by atoms with van der Waals surface area (Å²) in [6.45, 7) is 8.19. The van der Waals surface area contributed by atoms with Crippen LogP contribution in [0.1, 0.15) is 65.2 Å². The lowest BCUT2D eigenvalue weighted by atomic mass is 9.77. The number of piperidine rings is 1. The van der Waals surface area contributed by atoms with Gasteiger partial charge in [-0.25, -0.2) is 0 Å². The maximum atomic E-state index is 3.90. The highest BCUT2D eigenvalue weighted by molar-refractivity contribution is 4.90. The lowest BCUT2D eigenvalue weighted by Gasteiger charge is -2.40. The van der Waals surface area contributed by atoms with Crippen molar-refractivity contribution < 1.29 is 0 Å². The van der Waals surface area contributed by atoms with Crippen molar-refractivity contribution >= 4 is 0 Å². The van der Waals surface area contributed by atoms with Gasteiger partial charge >= 0.3 is 0 Å². The molecule has 2 aliphatic rings. The Balaban J connectivity index is 1.71. The molecule has 3 heteroatoms. The van der Waals surface area contributed by atoms with E-state index in [4.69, 9.17) is 0 Å². The van der Waals surface area contributed by atoms with Crippen molar-refractivity contribution in [2.24, 2.45) is 5.92 Å². The molecule has 0 spiro atoms. The highest BCUT2D eigenvalue weighted by Gasteiger charge is 2.31. The van der Waals surface area contributed by atoms with Crippen molar-refractivity contribution in [3.8, 4) is 0 Å². The fraction of sp³-hybridized carbons (Fsp3) is 1.00. The van der Waals surface area contributed by atoms with E-state index in [9.17, 15) is 0 Å². The molecule has 21 heavy (non-hydrogen) atoms. The summed E-state index contributed by atoms with van der Waals surface area (Å²) in [6, 6.07) is 2.22. The van der Waals surface area contributed by atoms with Gasteiger partial charge in [0.2, 0.25) is 0 Å². The molecule has 1 aliphatic carbocycles. The van der Waals surface area contributed by atoms with Gasteiger partial charge in [-0.15, -0.1) is 0 Å². The van der Waals surface area contributed by atoms with Crippen molar-refractivity contribution in [2.75, 3.05) is 26.7 Å². The largest absolute Gasteiger partial charge is 0.314 e. The molecule has 0 amide bonds. The molecule has 2 N–H and O–H groups in total. The first-order valence-electron chi connectivity index (χ1n) is 9.35. The molecule has 3 nitrogen and oxygen atoms in total. The minimum absolute atomic E-state index is 0.666. The molecule has 2 fully saturated rings. The molecule has 3 atom stereocenters. The fourth-order valence-corrected chi connectivity index (χ4v) is 4.01. The van der Waals surface area contributed by atoms with Gasteiger partial charge in [-0.3, -0.25) is 0 Å². The molecule has 0 aromatic rings. The van der Waals surface area contributed by atoms with Gasteiger partial charge < -0.3 is 15.5 Å². The van der Waals surface area contributed by atoms with Crippen LogP contribution in [0.2, 0.25) is 0 Å². The van der Waals surface area contributed by atoms with Crippen LogP contribution in [0.4, 0.5) is 0 Å². The topological polar surface area (TPSA) is 27.3 Å². The third-order valence-corrected chi connectivity index (χ3v) is 5.66. The van der Waals surface area contributed by atoms with Gasteiger partial charge in [0.15, 0.2) is 0 Å². The standard InChI is InChI=1S/C18H37N3/c1-15(2)21(3)14-8-13-20-17-10-5-4-9-16(17)18-11-6-7-12-19-18/h15-20H,4-14H2,1-3H3. The molecule has 0 aromatic carbocycles. The SMILES string of the molecule is CC(C)N(C)CCCNC1CCCCC1C1CCCCN1. The van der Waals surface area contributed by atoms with Crippen LogP contribution in [0.15, 0.2) is 0 Å². The Morgan fingerprint density at radius 2 is 1.86 bits per heavy atom. The maximum Gasteiger partial charge on any atom is 0.0110 e. The summed E-state index contributed by atoms with van der Waals surface area (Å²) in [6.07, 6.45) is 11.2. The monoisotopic (exact) mass is 295 g/mol. The zero-order valence-corrected chi connectivity index (χ0v) is 14.5. The molecule has 0 aromatic heterocycles. The van der Waals surface area contributed by atoms with Crippen LogP contribution in [0.3, 0.4) is 0 Å². The van der Waals surface area contributed by atoms with Gasteiger partial charge in [0.1, 0.15) is 0 Å². The Morgan fingerprint density at radius 3 is 2.57 bits per heavy atom. The van der Waals surface area contributed by atoms with Crippen molar-refractivity contribution in [2.45, 2.75) is 83.3 Å². The third kappa shape index (κ3) is 5.54. The van der Waals surface area contributed by atoms with Crippen LogP contribution < -0.4 is 10.6 Å². The summed E-state index contributed by atoms with van der Waals surface area (Å²) in [5.41, 5.74) is 0. The smallest absolute Gasteiger partial charge is 0.0110 e. The van der Waals surface area contributed by atoms with Crippen LogP contribution in [0.25, 0.3) is 0 Å². The minimum Gasteiger partial charge on any atom is -0.314 e.